The number of nitrogens with one attached hydrogen (secondary N) is 2. The molecule has 0 fully saturated rings. The molecule has 0 saturated carbocycles. The average molecular weight is 276 g/mol. The first-order chi connectivity index (χ1) is 9.12. The standard InChI is InChI=1S/C13H12N2O3S/c16-10-14-11-5-4-6-12(9-11)15-19(17,18)13-7-2-1-3-8-13/h1-10,15H,(H,14,16). The average Bonchev–Trinajstić information content (AvgIpc) is 2.40. The highest BCUT2D eigenvalue weighted by Crippen LogP contribution is 2.18. The van der Waals surface area contributed by atoms with Crippen LogP contribution in [-0.4, -0.2) is 14.8 Å². The maximum absolute atomic E-state index is 12.1. The maximum atomic E-state index is 12.1. The van der Waals surface area contributed by atoms with E-state index in [0.717, 1.165) is 0 Å². The molecule has 5 nitrogen and oxygen atoms in total. The van der Waals surface area contributed by atoms with Gasteiger partial charge in [-0.05, 0) is 30.3 Å². The quantitative estimate of drug-likeness (QED) is 0.821. The summed E-state index contributed by atoms with van der Waals surface area (Å²) in [6.07, 6.45) is 0.533. The number of benzene rings is 2. The molecule has 0 atom stereocenters. The van der Waals surface area contributed by atoms with Gasteiger partial charge in [0.05, 0.1) is 10.6 Å². The number of anilines is 2. The molecule has 2 N–H and O–H groups in total. The fourth-order valence-corrected chi connectivity index (χ4v) is 2.62. The smallest absolute Gasteiger partial charge is 0.261 e. The molecule has 0 unspecified atom stereocenters. The van der Waals surface area contributed by atoms with E-state index in [4.69, 9.17) is 0 Å². The van der Waals surface area contributed by atoms with Crippen molar-refractivity contribution in [1.82, 2.24) is 0 Å². The molecule has 2 aromatic carbocycles. The van der Waals surface area contributed by atoms with E-state index in [1.54, 1.807) is 36.4 Å². The van der Waals surface area contributed by atoms with Crippen LogP contribution in [0.5, 0.6) is 0 Å². The summed E-state index contributed by atoms with van der Waals surface area (Å²) in [7, 11) is -3.61. The number of amides is 1. The summed E-state index contributed by atoms with van der Waals surface area (Å²) >= 11 is 0. The van der Waals surface area contributed by atoms with Crippen LogP contribution in [0, 0.1) is 0 Å². The molecule has 6 heteroatoms. The van der Waals surface area contributed by atoms with Crippen LogP contribution in [0.25, 0.3) is 0 Å². The molecular weight excluding hydrogens is 264 g/mol. The predicted molar refractivity (Wildman–Crippen MR) is 73.4 cm³/mol. The normalized spacial score (nSPS) is 10.7. The second-order valence-electron chi connectivity index (χ2n) is 3.76. The molecule has 0 aliphatic heterocycles. The topological polar surface area (TPSA) is 75.3 Å². The molecular formula is C13H12N2O3S. The Morgan fingerprint density at radius 1 is 0.895 bits per heavy atom. The van der Waals surface area contributed by atoms with E-state index in [1.807, 2.05) is 0 Å². The Kier molecular flexibility index (Phi) is 3.82. The lowest BCUT2D eigenvalue weighted by atomic mass is 10.3. The number of hydrogen-bond donors (Lipinski definition) is 2. The molecule has 0 aromatic heterocycles. The molecule has 2 rings (SSSR count). The van der Waals surface area contributed by atoms with Gasteiger partial charge in [-0.15, -0.1) is 0 Å². The van der Waals surface area contributed by atoms with E-state index in [-0.39, 0.29) is 4.90 Å². The molecule has 0 radical (unpaired) electrons. The molecule has 2 aromatic rings. The highest BCUT2D eigenvalue weighted by Gasteiger charge is 2.13. The lowest BCUT2D eigenvalue weighted by molar-refractivity contribution is -0.105. The molecule has 0 aliphatic rings. The summed E-state index contributed by atoms with van der Waals surface area (Å²) in [6, 6.07) is 14.5. The van der Waals surface area contributed by atoms with Crippen molar-refractivity contribution in [1.29, 1.82) is 0 Å². The molecule has 0 bridgehead atoms. The Morgan fingerprint density at radius 3 is 2.26 bits per heavy atom. The first kappa shape index (κ1) is 13.1. The number of carbonyl (C=O) groups excluding carboxylic acids is 1. The fraction of sp³-hybridized carbons (Fsp3) is 0. The van der Waals surface area contributed by atoms with E-state index < -0.39 is 10.0 Å². The van der Waals surface area contributed by atoms with Crippen molar-refractivity contribution in [2.45, 2.75) is 4.90 Å². The van der Waals surface area contributed by atoms with Gasteiger partial charge in [-0.25, -0.2) is 8.42 Å². The number of carbonyl (C=O) groups is 1. The van der Waals surface area contributed by atoms with Crippen LogP contribution in [0.2, 0.25) is 0 Å². The Hall–Kier alpha value is -2.34. The van der Waals surface area contributed by atoms with Crippen molar-refractivity contribution in [3.8, 4) is 0 Å². The molecule has 0 heterocycles. The van der Waals surface area contributed by atoms with Gasteiger partial charge in [-0.1, -0.05) is 24.3 Å². The van der Waals surface area contributed by atoms with Crippen LogP contribution in [0.4, 0.5) is 11.4 Å². The zero-order valence-corrected chi connectivity index (χ0v) is 10.7. The van der Waals surface area contributed by atoms with E-state index in [2.05, 4.69) is 10.0 Å². The van der Waals surface area contributed by atoms with Crippen molar-refractivity contribution in [3.05, 3.63) is 54.6 Å². The van der Waals surface area contributed by atoms with Gasteiger partial charge >= 0.3 is 0 Å². The molecule has 0 spiro atoms. The number of hydrogen-bond acceptors (Lipinski definition) is 3. The van der Waals surface area contributed by atoms with Crippen LogP contribution < -0.4 is 10.0 Å². The highest BCUT2D eigenvalue weighted by atomic mass is 32.2. The lowest BCUT2D eigenvalue weighted by Gasteiger charge is -2.09. The zero-order chi connectivity index (χ0) is 13.7. The van der Waals surface area contributed by atoms with E-state index in [9.17, 15) is 13.2 Å². The molecule has 0 saturated heterocycles. The van der Waals surface area contributed by atoms with Crippen molar-refractivity contribution < 1.29 is 13.2 Å². The van der Waals surface area contributed by atoms with Crippen molar-refractivity contribution in [3.63, 3.8) is 0 Å². The van der Waals surface area contributed by atoms with Gasteiger partial charge < -0.3 is 5.32 Å². The third kappa shape index (κ3) is 3.32. The number of rotatable bonds is 5. The van der Waals surface area contributed by atoms with E-state index in [0.29, 0.717) is 17.8 Å². The predicted octanol–water partition coefficient (Wildman–Crippen LogP) is 2.06. The van der Waals surface area contributed by atoms with Crippen LogP contribution in [0.1, 0.15) is 0 Å². The summed E-state index contributed by atoms with van der Waals surface area (Å²) in [5.41, 5.74) is 0.902. The van der Waals surface area contributed by atoms with Gasteiger partial charge in [0.2, 0.25) is 6.41 Å². The van der Waals surface area contributed by atoms with Crippen LogP contribution >= 0.6 is 0 Å². The Morgan fingerprint density at radius 2 is 1.58 bits per heavy atom. The third-order valence-corrected chi connectivity index (χ3v) is 3.79. The van der Waals surface area contributed by atoms with Gasteiger partial charge in [0, 0.05) is 5.69 Å². The fourth-order valence-electron chi connectivity index (χ4n) is 1.55. The van der Waals surface area contributed by atoms with E-state index >= 15 is 0 Å². The molecule has 1 amide bonds. The van der Waals surface area contributed by atoms with Crippen LogP contribution in [0.3, 0.4) is 0 Å². The monoisotopic (exact) mass is 276 g/mol. The lowest BCUT2D eigenvalue weighted by Crippen LogP contribution is -2.12. The minimum Gasteiger partial charge on any atom is -0.329 e. The second kappa shape index (κ2) is 5.53. The third-order valence-electron chi connectivity index (χ3n) is 2.39. The molecule has 19 heavy (non-hydrogen) atoms. The summed E-state index contributed by atoms with van der Waals surface area (Å²) in [5, 5.41) is 2.46. The Labute approximate surface area is 111 Å². The van der Waals surface area contributed by atoms with Gasteiger partial charge in [0.1, 0.15) is 0 Å². The maximum Gasteiger partial charge on any atom is 0.261 e. The summed E-state index contributed by atoms with van der Waals surface area (Å²) in [6.45, 7) is 0. The first-order valence-corrected chi connectivity index (χ1v) is 6.98. The Bertz CT molecular complexity index is 669. The SMILES string of the molecule is O=CNc1cccc(NS(=O)(=O)c2ccccc2)c1. The van der Waals surface area contributed by atoms with Crippen molar-refractivity contribution in [2.75, 3.05) is 10.0 Å². The van der Waals surface area contributed by atoms with Gasteiger partial charge in [0.25, 0.3) is 10.0 Å². The second-order valence-corrected chi connectivity index (χ2v) is 5.44. The molecule has 0 aliphatic carbocycles. The van der Waals surface area contributed by atoms with Gasteiger partial charge in [-0.2, -0.15) is 0 Å². The van der Waals surface area contributed by atoms with Gasteiger partial charge in [-0.3, -0.25) is 9.52 Å². The summed E-state index contributed by atoms with van der Waals surface area (Å²) in [5.74, 6) is 0. The van der Waals surface area contributed by atoms with Crippen LogP contribution in [-0.2, 0) is 14.8 Å². The Balaban J connectivity index is 2.26. The first-order valence-electron chi connectivity index (χ1n) is 5.50. The van der Waals surface area contributed by atoms with Crippen molar-refractivity contribution >= 4 is 27.8 Å². The van der Waals surface area contributed by atoms with Gasteiger partial charge in [0.15, 0.2) is 0 Å². The summed E-state index contributed by atoms with van der Waals surface area (Å²) < 4.78 is 26.6. The minimum atomic E-state index is -3.61. The summed E-state index contributed by atoms with van der Waals surface area (Å²) in [4.78, 5) is 10.5. The van der Waals surface area contributed by atoms with Crippen molar-refractivity contribution in [2.24, 2.45) is 0 Å². The van der Waals surface area contributed by atoms with Crippen LogP contribution in [0.15, 0.2) is 59.5 Å². The zero-order valence-electron chi connectivity index (χ0n) is 9.91. The minimum absolute atomic E-state index is 0.184. The number of sulfonamides is 1. The largest absolute Gasteiger partial charge is 0.329 e. The molecule has 98 valence electrons. The highest BCUT2D eigenvalue weighted by molar-refractivity contribution is 7.92. The van der Waals surface area contributed by atoms with E-state index in [1.165, 1.54) is 18.2 Å².